The molecule has 2 heterocycles. The van der Waals surface area contributed by atoms with Crippen molar-refractivity contribution in [3.8, 4) is 18.0 Å². The molecule has 1 aliphatic heterocycles. The Hall–Kier alpha value is -2.20. The van der Waals surface area contributed by atoms with E-state index in [1.807, 2.05) is 6.07 Å². The van der Waals surface area contributed by atoms with Crippen LogP contribution in [0.2, 0.25) is 0 Å². The van der Waals surface area contributed by atoms with Gasteiger partial charge in [0.05, 0.1) is 5.69 Å². The molecule has 0 N–H and O–H groups in total. The topological polar surface area (TPSA) is 68.3 Å². The average Bonchev–Trinajstić information content (AvgIpc) is 3.16. The van der Waals surface area contributed by atoms with E-state index in [0.717, 1.165) is 29.4 Å². The second kappa shape index (κ2) is 6.50. The van der Waals surface area contributed by atoms with Crippen molar-refractivity contribution in [2.75, 3.05) is 5.75 Å². The van der Waals surface area contributed by atoms with E-state index in [0.29, 0.717) is 6.42 Å². The Labute approximate surface area is 139 Å². The Balaban J connectivity index is 1.63. The van der Waals surface area contributed by atoms with Gasteiger partial charge in [-0.15, -0.1) is 17.4 Å². The Morgan fingerprint density at radius 3 is 2.74 bits per heavy atom. The van der Waals surface area contributed by atoms with Crippen LogP contribution in [-0.4, -0.2) is 31.6 Å². The molecule has 3 rings (SSSR count). The molecule has 0 atom stereocenters. The Bertz CT molecular complexity index is 767. The lowest BCUT2D eigenvalue weighted by atomic mass is 10.1. The summed E-state index contributed by atoms with van der Waals surface area (Å²) in [4.78, 5) is 0. The highest BCUT2D eigenvalue weighted by molar-refractivity contribution is 7.99. The zero-order chi connectivity index (χ0) is 16.3. The molecular weight excluding hydrogens is 308 g/mol. The molecule has 0 fully saturated rings. The number of rotatable bonds is 7. The first kappa shape index (κ1) is 15.7. The van der Waals surface area contributed by atoms with E-state index in [1.54, 1.807) is 16.4 Å². The number of hydrogen-bond acceptors (Lipinski definition) is 6. The zero-order valence-corrected chi connectivity index (χ0v) is 14.0. The minimum Gasteiger partial charge on any atom is -0.188 e. The molecule has 2 aromatic rings. The van der Waals surface area contributed by atoms with Gasteiger partial charge in [0.15, 0.2) is 5.66 Å². The fourth-order valence-electron chi connectivity index (χ4n) is 2.26. The summed E-state index contributed by atoms with van der Waals surface area (Å²) >= 11 is 1.61. The van der Waals surface area contributed by atoms with Gasteiger partial charge in [-0.2, -0.15) is 14.9 Å². The molecule has 1 aromatic heterocycles. The maximum atomic E-state index is 5.31. The van der Waals surface area contributed by atoms with Gasteiger partial charge in [0.25, 0.3) is 0 Å². The smallest absolute Gasteiger partial charge is 0.188 e. The molecule has 0 amide bonds. The van der Waals surface area contributed by atoms with Crippen molar-refractivity contribution in [2.24, 2.45) is 10.2 Å². The summed E-state index contributed by atoms with van der Waals surface area (Å²) in [6.45, 7) is 4.17. The van der Waals surface area contributed by atoms with Crippen LogP contribution in [0, 0.1) is 26.2 Å². The molecule has 118 valence electrons. The molecule has 7 heteroatoms. The summed E-state index contributed by atoms with van der Waals surface area (Å²) < 4.78 is 1.77. The number of nitrogens with zero attached hydrogens (tertiary/aromatic N) is 6. The summed E-state index contributed by atoms with van der Waals surface area (Å²) in [5, 5.41) is 21.1. The summed E-state index contributed by atoms with van der Waals surface area (Å²) in [5.41, 5.74) is 3.20. The largest absolute Gasteiger partial charge is 0.214 e. The van der Waals surface area contributed by atoms with Gasteiger partial charge >= 0.3 is 0 Å². The van der Waals surface area contributed by atoms with Crippen LogP contribution in [0.15, 0.2) is 33.6 Å². The normalized spacial score (nSPS) is 14.7. The van der Waals surface area contributed by atoms with Crippen LogP contribution in [0.1, 0.15) is 30.4 Å². The average molecular weight is 326 g/mol. The third-order valence-electron chi connectivity index (χ3n) is 3.96. The number of thioether (sulfide) groups is 1. The van der Waals surface area contributed by atoms with Crippen LogP contribution in [-0.2, 0) is 0 Å². The van der Waals surface area contributed by atoms with Gasteiger partial charge in [-0.25, -0.2) is 0 Å². The van der Waals surface area contributed by atoms with E-state index in [2.05, 4.69) is 57.7 Å². The van der Waals surface area contributed by atoms with Crippen molar-refractivity contribution < 1.29 is 0 Å². The summed E-state index contributed by atoms with van der Waals surface area (Å²) in [6, 6.07) is 6.20. The predicted octanol–water partition coefficient (Wildman–Crippen LogP) is 3.34. The monoisotopic (exact) mass is 326 g/mol. The lowest BCUT2D eigenvalue weighted by Crippen LogP contribution is -2.11. The number of benzene rings is 1. The minimum atomic E-state index is -0.252. The highest BCUT2D eigenvalue weighted by Gasteiger charge is 2.38. The van der Waals surface area contributed by atoms with E-state index in [4.69, 9.17) is 6.42 Å². The maximum absolute atomic E-state index is 5.31. The fourth-order valence-corrected chi connectivity index (χ4v) is 3.23. The van der Waals surface area contributed by atoms with Gasteiger partial charge < -0.3 is 0 Å². The number of hydrogen-bond donors (Lipinski definition) is 0. The molecule has 1 aliphatic rings. The van der Waals surface area contributed by atoms with Crippen LogP contribution in [0.25, 0.3) is 5.69 Å². The third-order valence-corrected chi connectivity index (χ3v) is 4.88. The minimum absolute atomic E-state index is 0.252. The van der Waals surface area contributed by atoms with Gasteiger partial charge in [0, 0.05) is 25.0 Å². The Kier molecular flexibility index (Phi) is 4.44. The second-order valence-electron chi connectivity index (χ2n) is 5.63. The fraction of sp³-hybridized carbons (Fsp3) is 0.438. The van der Waals surface area contributed by atoms with E-state index in [1.165, 1.54) is 11.1 Å². The van der Waals surface area contributed by atoms with Crippen molar-refractivity contribution in [3.05, 3.63) is 29.3 Å². The van der Waals surface area contributed by atoms with Gasteiger partial charge in [0.1, 0.15) is 0 Å². The van der Waals surface area contributed by atoms with E-state index in [-0.39, 0.29) is 5.66 Å². The SMILES string of the molecule is C#CCCC1(CCSc2nnnn2-c2ccc(C)c(C)c2)N=N1. The van der Waals surface area contributed by atoms with Crippen molar-refractivity contribution in [1.29, 1.82) is 0 Å². The molecule has 1 aromatic carbocycles. The first-order chi connectivity index (χ1) is 11.1. The Morgan fingerprint density at radius 2 is 2.04 bits per heavy atom. The molecule has 6 nitrogen and oxygen atoms in total. The number of tetrazole rings is 1. The Morgan fingerprint density at radius 1 is 1.22 bits per heavy atom. The predicted molar refractivity (Wildman–Crippen MR) is 89.6 cm³/mol. The molecule has 0 bridgehead atoms. The van der Waals surface area contributed by atoms with Crippen LogP contribution < -0.4 is 0 Å². The quantitative estimate of drug-likeness (QED) is 0.578. The molecule has 0 radical (unpaired) electrons. The van der Waals surface area contributed by atoms with Gasteiger partial charge in [-0.1, -0.05) is 17.8 Å². The van der Waals surface area contributed by atoms with Crippen LogP contribution in [0.3, 0.4) is 0 Å². The maximum Gasteiger partial charge on any atom is 0.214 e. The van der Waals surface area contributed by atoms with Crippen LogP contribution >= 0.6 is 11.8 Å². The first-order valence-corrected chi connectivity index (χ1v) is 8.48. The highest BCUT2D eigenvalue weighted by atomic mass is 32.2. The molecule has 0 saturated carbocycles. The summed E-state index contributed by atoms with van der Waals surface area (Å²) in [6.07, 6.45) is 7.70. The van der Waals surface area contributed by atoms with E-state index in [9.17, 15) is 0 Å². The van der Waals surface area contributed by atoms with Crippen molar-refractivity contribution in [2.45, 2.75) is 43.9 Å². The van der Waals surface area contributed by atoms with Gasteiger partial charge in [0.2, 0.25) is 5.16 Å². The van der Waals surface area contributed by atoms with Crippen LogP contribution in [0.4, 0.5) is 0 Å². The third kappa shape index (κ3) is 3.59. The van der Waals surface area contributed by atoms with E-state index >= 15 is 0 Å². The number of aryl methyl sites for hydroxylation is 2. The van der Waals surface area contributed by atoms with Crippen molar-refractivity contribution in [3.63, 3.8) is 0 Å². The molecule has 0 saturated heterocycles. The lowest BCUT2D eigenvalue weighted by Gasteiger charge is -2.09. The van der Waals surface area contributed by atoms with Crippen molar-refractivity contribution in [1.82, 2.24) is 20.2 Å². The summed E-state index contributed by atoms with van der Waals surface area (Å²) in [5.74, 6) is 3.49. The van der Waals surface area contributed by atoms with E-state index < -0.39 is 0 Å². The standard InChI is InChI=1S/C16H18N6S/c1-4-5-8-16(18-19-16)9-10-23-15-17-20-21-22(15)14-7-6-12(2)13(3)11-14/h1,6-7,11H,5,8-10H2,2-3H3. The summed E-state index contributed by atoms with van der Waals surface area (Å²) in [7, 11) is 0. The molecule has 0 unspecified atom stereocenters. The highest BCUT2D eigenvalue weighted by Crippen LogP contribution is 2.38. The second-order valence-corrected chi connectivity index (χ2v) is 6.69. The lowest BCUT2D eigenvalue weighted by molar-refractivity contribution is 0.544. The van der Waals surface area contributed by atoms with Crippen molar-refractivity contribution >= 4 is 11.8 Å². The van der Waals surface area contributed by atoms with Crippen LogP contribution in [0.5, 0.6) is 0 Å². The first-order valence-electron chi connectivity index (χ1n) is 7.50. The zero-order valence-electron chi connectivity index (χ0n) is 13.2. The molecule has 0 spiro atoms. The number of aromatic nitrogens is 4. The molecule has 0 aliphatic carbocycles. The molecular formula is C16H18N6S. The molecule has 23 heavy (non-hydrogen) atoms. The number of terminal acetylenes is 1. The van der Waals surface area contributed by atoms with Gasteiger partial charge in [-0.3, -0.25) is 0 Å². The van der Waals surface area contributed by atoms with Gasteiger partial charge in [-0.05, 0) is 47.5 Å².